The van der Waals surface area contributed by atoms with Crippen LogP contribution in [0.25, 0.3) is 0 Å². The molecule has 0 aromatic heterocycles. The molecule has 0 heterocycles. The number of hydrogen-bond acceptors (Lipinski definition) is 4. The van der Waals surface area contributed by atoms with Gasteiger partial charge in [0, 0.05) is 6.04 Å². The monoisotopic (exact) mass is 250 g/mol. The van der Waals surface area contributed by atoms with Gasteiger partial charge in [0.15, 0.2) is 6.29 Å². The predicted octanol–water partition coefficient (Wildman–Crippen LogP) is 0.222. The molecule has 1 aromatic rings. The van der Waals surface area contributed by atoms with E-state index in [2.05, 4.69) is 10.5 Å². The average Bonchev–Trinajstić information content (AvgIpc) is 2.30. The first kappa shape index (κ1) is 13.8. The Kier molecular flexibility index (Phi) is 4.53. The maximum Gasteiger partial charge on any atom is 0.208 e. The summed E-state index contributed by atoms with van der Waals surface area (Å²) in [4.78, 5) is 10.8. The highest BCUT2D eigenvalue weighted by Crippen LogP contribution is 2.24. The summed E-state index contributed by atoms with van der Waals surface area (Å²) >= 11 is 0. The number of phenolic OH excluding ortho intramolecular Hbond substituents is 1. The van der Waals surface area contributed by atoms with E-state index in [1.165, 1.54) is 0 Å². The third-order valence-electron chi connectivity index (χ3n) is 2.43. The first-order valence-electron chi connectivity index (χ1n) is 5.56. The van der Waals surface area contributed by atoms with Crippen molar-refractivity contribution in [3.05, 3.63) is 28.8 Å². The van der Waals surface area contributed by atoms with Gasteiger partial charge in [-0.05, 0) is 37.5 Å². The number of nitrogens with two attached hydrogens (primary N) is 2. The fourth-order valence-electron chi connectivity index (χ4n) is 1.69. The molecular weight excluding hydrogens is 232 g/mol. The SMILES string of the molecule is Cc1cc(C=O)c(O)c(CC(C)NN=C(N)N)c1. The number of aromatic hydroxyl groups is 1. The van der Waals surface area contributed by atoms with E-state index in [1.807, 2.05) is 19.9 Å². The van der Waals surface area contributed by atoms with Gasteiger partial charge in [-0.3, -0.25) is 4.79 Å². The van der Waals surface area contributed by atoms with Gasteiger partial charge in [-0.15, -0.1) is 5.10 Å². The first-order chi connectivity index (χ1) is 8.43. The quantitative estimate of drug-likeness (QED) is 0.258. The van der Waals surface area contributed by atoms with Gasteiger partial charge in [-0.2, -0.15) is 0 Å². The topological polar surface area (TPSA) is 114 Å². The molecular formula is C12H18N4O2. The molecule has 6 N–H and O–H groups in total. The van der Waals surface area contributed by atoms with Crippen LogP contribution in [0.15, 0.2) is 17.2 Å². The zero-order chi connectivity index (χ0) is 13.7. The lowest BCUT2D eigenvalue weighted by molar-refractivity contribution is 0.112. The molecule has 0 saturated carbocycles. The van der Waals surface area contributed by atoms with Crippen LogP contribution in [-0.4, -0.2) is 23.4 Å². The summed E-state index contributed by atoms with van der Waals surface area (Å²) < 4.78 is 0. The lowest BCUT2D eigenvalue weighted by Gasteiger charge is -2.14. The third kappa shape index (κ3) is 3.65. The van der Waals surface area contributed by atoms with E-state index in [4.69, 9.17) is 11.5 Å². The predicted molar refractivity (Wildman–Crippen MR) is 70.3 cm³/mol. The standard InChI is InChI=1S/C12H18N4O2/c1-7-3-9(11(18)10(4-7)6-17)5-8(2)15-16-12(13)14/h3-4,6,8,15,18H,5H2,1-2H3,(H4,13,14,16). The van der Waals surface area contributed by atoms with Crippen molar-refractivity contribution in [3.8, 4) is 5.75 Å². The molecule has 0 aliphatic carbocycles. The van der Waals surface area contributed by atoms with Crippen LogP contribution in [0.5, 0.6) is 5.75 Å². The van der Waals surface area contributed by atoms with Crippen molar-refractivity contribution in [2.24, 2.45) is 16.6 Å². The number of nitrogens with one attached hydrogen (secondary N) is 1. The summed E-state index contributed by atoms with van der Waals surface area (Å²) in [5.74, 6) is -0.0437. The Hall–Kier alpha value is -2.24. The molecule has 98 valence electrons. The van der Waals surface area contributed by atoms with Crippen molar-refractivity contribution >= 4 is 12.2 Å². The Morgan fingerprint density at radius 2 is 2.22 bits per heavy atom. The van der Waals surface area contributed by atoms with Crippen molar-refractivity contribution in [1.29, 1.82) is 0 Å². The Morgan fingerprint density at radius 1 is 1.56 bits per heavy atom. The van der Waals surface area contributed by atoms with Gasteiger partial charge in [-0.25, -0.2) is 0 Å². The Morgan fingerprint density at radius 3 is 2.78 bits per heavy atom. The summed E-state index contributed by atoms with van der Waals surface area (Å²) in [5, 5.41) is 13.6. The highest BCUT2D eigenvalue weighted by Gasteiger charge is 2.11. The van der Waals surface area contributed by atoms with Crippen molar-refractivity contribution in [2.45, 2.75) is 26.3 Å². The van der Waals surface area contributed by atoms with Crippen LogP contribution >= 0.6 is 0 Å². The summed E-state index contributed by atoms with van der Waals surface area (Å²) in [7, 11) is 0. The van der Waals surface area contributed by atoms with Gasteiger partial charge in [0.1, 0.15) is 5.75 Å². The van der Waals surface area contributed by atoms with Gasteiger partial charge >= 0.3 is 0 Å². The second-order valence-corrected chi connectivity index (χ2v) is 4.25. The lowest BCUT2D eigenvalue weighted by Crippen LogP contribution is -2.31. The number of nitrogens with zero attached hydrogens (tertiary/aromatic N) is 1. The van der Waals surface area contributed by atoms with Crippen LogP contribution in [-0.2, 0) is 6.42 Å². The number of carbonyl (C=O) groups excluding carboxylic acids is 1. The Labute approximate surface area is 106 Å². The van der Waals surface area contributed by atoms with Gasteiger partial charge in [0.2, 0.25) is 5.96 Å². The fourth-order valence-corrected chi connectivity index (χ4v) is 1.69. The van der Waals surface area contributed by atoms with Crippen LogP contribution < -0.4 is 16.9 Å². The molecule has 18 heavy (non-hydrogen) atoms. The number of phenols is 1. The third-order valence-corrected chi connectivity index (χ3v) is 2.43. The number of hydrogen-bond donors (Lipinski definition) is 4. The minimum absolute atomic E-state index is 0.00829. The number of guanidine groups is 1. The fraction of sp³-hybridized carbons (Fsp3) is 0.333. The van der Waals surface area contributed by atoms with Crippen LogP contribution in [0.2, 0.25) is 0 Å². The molecule has 1 rings (SSSR count). The van der Waals surface area contributed by atoms with Crippen LogP contribution in [0.3, 0.4) is 0 Å². The number of hydrazone groups is 1. The van der Waals surface area contributed by atoms with E-state index in [0.717, 1.165) is 5.56 Å². The highest BCUT2D eigenvalue weighted by atomic mass is 16.3. The van der Waals surface area contributed by atoms with E-state index >= 15 is 0 Å². The summed E-state index contributed by atoms with van der Waals surface area (Å²) in [6.07, 6.45) is 1.14. The van der Waals surface area contributed by atoms with Gasteiger partial charge in [0.25, 0.3) is 0 Å². The molecule has 1 atom stereocenters. The summed E-state index contributed by atoms with van der Waals surface area (Å²) in [6.45, 7) is 3.73. The first-order valence-corrected chi connectivity index (χ1v) is 5.56. The Bertz CT molecular complexity index is 467. The normalized spacial score (nSPS) is 11.7. The molecule has 0 spiro atoms. The van der Waals surface area contributed by atoms with Crippen molar-refractivity contribution in [2.75, 3.05) is 0 Å². The van der Waals surface area contributed by atoms with Gasteiger partial charge < -0.3 is 22.0 Å². The maximum atomic E-state index is 10.8. The number of aldehydes is 1. The molecule has 1 aromatic carbocycles. The lowest BCUT2D eigenvalue weighted by atomic mass is 10.0. The molecule has 0 fully saturated rings. The van der Waals surface area contributed by atoms with E-state index in [9.17, 15) is 9.90 Å². The smallest absolute Gasteiger partial charge is 0.208 e. The molecule has 0 aliphatic rings. The molecule has 0 saturated heterocycles. The Balaban J connectivity index is 2.87. The zero-order valence-electron chi connectivity index (χ0n) is 10.5. The van der Waals surface area contributed by atoms with E-state index in [0.29, 0.717) is 23.8 Å². The minimum Gasteiger partial charge on any atom is -0.507 e. The molecule has 0 radical (unpaired) electrons. The van der Waals surface area contributed by atoms with Gasteiger partial charge in [-0.1, -0.05) is 6.07 Å². The highest BCUT2D eigenvalue weighted by molar-refractivity contribution is 5.80. The van der Waals surface area contributed by atoms with E-state index in [-0.39, 0.29) is 17.8 Å². The number of benzene rings is 1. The maximum absolute atomic E-state index is 10.8. The number of aryl methyl sites for hydroxylation is 1. The largest absolute Gasteiger partial charge is 0.507 e. The molecule has 0 aliphatic heterocycles. The van der Waals surface area contributed by atoms with Crippen LogP contribution in [0.1, 0.15) is 28.4 Å². The molecule has 0 bridgehead atoms. The molecule has 6 heteroatoms. The van der Waals surface area contributed by atoms with Crippen molar-refractivity contribution < 1.29 is 9.90 Å². The van der Waals surface area contributed by atoms with E-state index < -0.39 is 0 Å². The minimum atomic E-state index is -0.0701. The second-order valence-electron chi connectivity index (χ2n) is 4.25. The zero-order valence-corrected chi connectivity index (χ0v) is 10.5. The summed E-state index contributed by atoms with van der Waals surface area (Å²) in [5.41, 5.74) is 15.0. The van der Waals surface area contributed by atoms with Crippen LogP contribution in [0, 0.1) is 6.92 Å². The van der Waals surface area contributed by atoms with Crippen LogP contribution in [0.4, 0.5) is 0 Å². The molecule has 6 nitrogen and oxygen atoms in total. The van der Waals surface area contributed by atoms with Crippen molar-refractivity contribution in [3.63, 3.8) is 0 Å². The number of rotatable bonds is 5. The average molecular weight is 250 g/mol. The molecule has 0 amide bonds. The molecule has 1 unspecified atom stereocenters. The summed E-state index contributed by atoms with van der Waals surface area (Å²) in [6, 6.07) is 3.40. The van der Waals surface area contributed by atoms with Crippen molar-refractivity contribution in [1.82, 2.24) is 5.43 Å². The second kappa shape index (κ2) is 5.90. The van der Waals surface area contributed by atoms with E-state index in [1.54, 1.807) is 6.07 Å². The van der Waals surface area contributed by atoms with Gasteiger partial charge in [0.05, 0.1) is 5.56 Å². The number of carbonyl (C=O) groups is 1.